The van der Waals surface area contributed by atoms with Gasteiger partial charge in [-0.25, -0.2) is 18.6 Å². The molecule has 2 aromatic carbocycles. The van der Waals surface area contributed by atoms with Crippen molar-refractivity contribution < 1.29 is 8.60 Å². The number of hydrogen-bond acceptors (Lipinski definition) is 5. The Balaban J connectivity index is 1.62. The number of rotatable bonds is 6. The molecule has 0 spiro atoms. The average Bonchev–Trinajstić information content (AvgIpc) is 3.56. The Labute approximate surface area is 204 Å². The molecule has 1 aliphatic carbocycles. The zero-order valence-corrected chi connectivity index (χ0v) is 20.6. The number of hydrogen-bond donors (Lipinski definition) is 0. The van der Waals surface area contributed by atoms with Crippen LogP contribution in [0, 0.1) is 5.82 Å². The summed E-state index contributed by atoms with van der Waals surface area (Å²) >= 11 is 1.61. The van der Waals surface area contributed by atoms with Crippen LogP contribution in [0.2, 0.25) is 0 Å². The molecular weight excluding hydrogens is 465 g/mol. The molecule has 1 atom stereocenters. The summed E-state index contributed by atoms with van der Waals surface area (Å²) in [5.74, 6) is 0.193. The van der Waals surface area contributed by atoms with Crippen LogP contribution in [0.15, 0.2) is 82.2 Å². The number of nitrogens with zero attached hydrogens (tertiary/aromatic N) is 3. The average molecular weight is 492 g/mol. The molecule has 1 saturated carbocycles. The molecule has 0 amide bonds. The first-order chi connectivity index (χ1) is 16.6. The lowest BCUT2D eigenvalue weighted by atomic mass is 10.1. The minimum absolute atomic E-state index is 0.0326. The van der Waals surface area contributed by atoms with Crippen molar-refractivity contribution in [2.75, 3.05) is 0 Å². The number of aromatic nitrogens is 2. The summed E-state index contributed by atoms with van der Waals surface area (Å²) < 4.78 is 32.7. The van der Waals surface area contributed by atoms with Crippen molar-refractivity contribution in [3.63, 3.8) is 0 Å². The molecule has 0 bridgehead atoms. The smallest absolute Gasteiger partial charge is 0.162 e. The van der Waals surface area contributed by atoms with Crippen molar-refractivity contribution in [3.05, 3.63) is 83.8 Å². The fourth-order valence-corrected chi connectivity index (χ4v) is 7.96. The van der Waals surface area contributed by atoms with Gasteiger partial charge in [-0.1, -0.05) is 38.0 Å². The molecule has 4 aromatic rings. The quantitative estimate of drug-likeness (QED) is 0.278. The van der Waals surface area contributed by atoms with Crippen LogP contribution in [0.3, 0.4) is 0 Å². The normalized spacial score (nSPS) is 15.8. The van der Waals surface area contributed by atoms with Gasteiger partial charge in [-0.05, 0) is 73.4 Å². The van der Waals surface area contributed by atoms with Gasteiger partial charge in [0.25, 0.3) is 0 Å². The third-order valence-corrected chi connectivity index (χ3v) is 10.2. The van der Waals surface area contributed by atoms with E-state index in [9.17, 15) is 8.60 Å². The van der Waals surface area contributed by atoms with Crippen molar-refractivity contribution in [1.82, 2.24) is 9.97 Å². The maximum Gasteiger partial charge on any atom is 0.162 e. The van der Waals surface area contributed by atoms with E-state index in [1.54, 1.807) is 29.7 Å². The van der Waals surface area contributed by atoms with Crippen LogP contribution < -0.4 is 0 Å². The van der Waals surface area contributed by atoms with Gasteiger partial charge < -0.3 is 0 Å². The number of benzene rings is 2. The number of aryl methyl sites for hydroxylation is 1. The van der Waals surface area contributed by atoms with Gasteiger partial charge in [-0.2, -0.15) is 4.36 Å². The van der Waals surface area contributed by atoms with Crippen LogP contribution in [0.1, 0.15) is 37.6 Å². The van der Waals surface area contributed by atoms with Gasteiger partial charge in [-0.15, -0.1) is 11.3 Å². The minimum atomic E-state index is -2.66. The van der Waals surface area contributed by atoms with Crippen LogP contribution in [-0.2, 0) is 16.1 Å². The first-order valence-electron chi connectivity index (χ1n) is 11.6. The molecule has 34 heavy (non-hydrogen) atoms. The monoisotopic (exact) mass is 491 g/mol. The van der Waals surface area contributed by atoms with Crippen molar-refractivity contribution in [1.29, 1.82) is 0 Å². The van der Waals surface area contributed by atoms with Crippen molar-refractivity contribution in [2.45, 2.75) is 49.2 Å². The second-order valence-corrected chi connectivity index (χ2v) is 12.0. The fourth-order valence-electron chi connectivity index (χ4n) is 4.41. The molecule has 1 aliphatic rings. The largest absolute Gasteiger partial charge is 0.244 e. The van der Waals surface area contributed by atoms with Crippen molar-refractivity contribution in [2.24, 2.45) is 4.36 Å². The number of pyridine rings is 1. The highest BCUT2D eigenvalue weighted by atomic mass is 32.2. The molecule has 0 saturated heterocycles. The Bertz CT molecular complexity index is 1400. The zero-order chi connectivity index (χ0) is 23.5. The summed E-state index contributed by atoms with van der Waals surface area (Å²) in [4.78, 5) is 11.0. The molecule has 0 aliphatic heterocycles. The Morgan fingerprint density at radius 2 is 1.76 bits per heavy atom. The third-order valence-electron chi connectivity index (χ3n) is 6.16. The first-order valence-corrected chi connectivity index (χ1v) is 14.0. The van der Waals surface area contributed by atoms with Crippen LogP contribution in [0.5, 0.6) is 0 Å². The molecule has 1 unspecified atom stereocenters. The molecule has 0 radical (unpaired) electrons. The van der Waals surface area contributed by atoms with Crippen LogP contribution in [-0.4, -0.2) is 19.4 Å². The standard InChI is InChI=1S/C27H26FN3OS2/c1-2-25-30-26(19-12-14-21(28)15-13-19)27(33-25)20-16-17-29-24(18-20)31-34(32,23-10-6-7-11-23)22-8-4-3-5-9-22/h3-5,8-9,12-18,23H,2,6-7,10-11H2,1H3. The van der Waals surface area contributed by atoms with Gasteiger partial charge in [0.15, 0.2) is 5.82 Å². The molecule has 2 aromatic heterocycles. The molecule has 4 nitrogen and oxygen atoms in total. The van der Waals surface area contributed by atoms with E-state index < -0.39 is 9.73 Å². The summed E-state index contributed by atoms with van der Waals surface area (Å²) in [7, 11) is -2.66. The SMILES string of the molecule is CCc1nc(-c2ccc(F)cc2)c(-c2ccnc(N=S(=O)(c3ccccc3)C3CCCC3)c2)s1. The van der Waals surface area contributed by atoms with E-state index in [1.165, 1.54) is 12.1 Å². The third kappa shape index (κ3) is 4.55. The summed E-state index contributed by atoms with van der Waals surface area (Å²) in [6, 6.07) is 19.8. The van der Waals surface area contributed by atoms with E-state index in [0.29, 0.717) is 5.82 Å². The Kier molecular flexibility index (Phi) is 6.57. The van der Waals surface area contributed by atoms with E-state index in [0.717, 1.165) is 63.7 Å². The van der Waals surface area contributed by atoms with Gasteiger partial charge in [0.05, 0.1) is 25.3 Å². The van der Waals surface area contributed by atoms with Gasteiger partial charge in [0.1, 0.15) is 5.82 Å². The summed E-state index contributed by atoms with van der Waals surface area (Å²) in [6.45, 7) is 2.07. The van der Waals surface area contributed by atoms with E-state index in [-0.39, 0.29) is 11.1 Å². The van der Waals surface area contributed by atoms with Gasteiger partial charge in [0, 0.05) is 21.9 Å². The minimum Gasteiger partial charge on any atom is -0.244 e. The maximum atomic E-state index is 14.3. The van der Waals surface area contributed by atoms with E-state index >= 15 is 0 Å². The first kappa shape index (κ1) is 22.9. The Morgan fingerprint density at radius 3 is 2.47 bits per heavy atom. The predicted molar refractivity (Wildman–Crippen MR) is 137 cm³/mol. The summed E-state index contributed by atoms with van der Waals surface area (Å²) in [6.07, 6.45) is 6.52. The lowest BCUT2D eigenvalue weighted by Crippen LogP contribution is -2.17. The molecule has 0 N–H and O–H groups in total. The lowest BCUT2D eigenvalue weighted by Gasteiger charge is -2.17. The molecule has 174 valence electrons. The second kappa shape index (κ2) is 9.76. The van der Waals surface area contributed by atoms with Crippen LogP contribution >= 0.6 is 11.3 Å². The fraction of sp³-hybridized carbons (Fsp3) is 0.259. The highest BCUT2D eigenvalue weighted by Crippen LogP contribution is 2.39. The highest BCUT2D eigenvalue weighted by Gasteiger charge is 2.29. The predicted octanol–water partition coefficient (Wildman–Crippen LogP) is 7.67. The van der Waals surface area contributed by atoms with E-state index in [2.05, 4.69) is 11.9 Å². The van der Waals surface area contributed by atoms with Crippen LogP contribution in [0.4, 0.5) is 10.2 Å². The summed E-state index contributed by atoms with van der Waals surface area (Å²) in [5.41, 5.74) is 2.60. The highest BCUT2D eigenvalue weighted by molar-refractivity contribution is 7.94. The van der Waals surface area contributed by atoms with E-state index in [1.807, 2.05) is 42.5 Å². The van der Waals surface area contributed by atoms with Crippen molar-refractivity contribution >= 4 is 26.9 Å². The van der Waals surface area contributed by atoms with Gasteiger partial charge in [-0.3, -0.25) is 0 Å². The van der Waals surface area contributed by atoms with Crippen LogP contribution in [0.25, 0.3) is 21.7 Å². The molecule has 7 heteroatoms. The van der Waals surface area contributed by atoms with Gasteiger partial charge in [0.2, 0.25) is 0 Å². The molecule has 2 heterocycles. The number of thiazole rings is 1. The Hall–Kier alpha value is -2.90. The van der Waals surface area contributed by atoms with E-state index in [4.69, 9.17) is 9.35 Å². The lowest BCUT2D eigenvalue weighted by molar-refractivity contribution is 0.628. The maximum absolute atomic E-state index is 14.3. The molecular formula is C27H26FN3OS2. The zero-order valence-electron chi connectivity index (χ0n) is 19.0. The summed E-state index contributed by atoms with van der Waals surface area (Å²) in [5, 5.41) is 1.04. The topological polar surface area (TPSA) is 55.2 Å². The second-order valence-electron chi connectivity index (χ2n) is 8.43. The molecule has 5 rings (SSSR count). The molecule has 1 fully saturated rings. The van der Waals surface area contributed by atoms with Gasteiger partial charge >= 0.3 is 0 Å². The van der Waals surface area contributed by atoms with Crippen molar-refractivity contribution in [3.8, 4) is 21.7 Å². The number of halogens is 1. The Morgan fingerprint density at radius 1 is 1.03 bits per heavy atom.